The third kappa shape index (κ3) is 3.51. The number of hydrogen-bond acceptors (Lipinski definition) is 2. The molecule has 4 aromatic rings. The second-order valence-corrected chi connectivity index (χ2v) is 7.14. The fraction of sp³-hybridized carbons (Fsp3) is 0.143. The summed E-state index contributed by atoms with van der Waals surface area (Å²) in [5.74, 6) is 0.00713. The molecular weight excluding hydrogens is 379 g/mol. The molecule has 0 saturated heterocycles. The van der Waals surface area contributed by atoms with E-state index in [2.05, 4.69) is 15.4 Å². The van der Waals surface area contributed by atoms with Crippen LogP contribution in [0, 0.1) is 19.7 Å². The van der Waals surface area contributed by atoms with E-state index >= 15 is 0 Å². The van der Waals surface area contributed by atoms with Gasteiger partial charge >= 0.3 is 0 Å². The number of nitrogens with one attached hydrogen (secondary N) is 2. The molecule has 0 fully saturated rings. The fourth-order valence-corrected chi connectivity index (χ4v) is 3.51. The first kappa shape index (κ1) is 18.3. The minimum atomic E-state index is -0.331. The van der Waals surface area contributed by atoms with Crippen LogP contribution in [0.2, 0.25) is 5.02 Å². The normalized spacial score (nSPS) is 11.1. The molecule has 0 atom stereocenters. The van der Waals surface area contributed by atoms with Crippen molar-refractivity contribution in [2.45, 2.75) is 20.3 Å². The van der Waals surface area contributed by atoms with E-state index in [0.717, 1.165) is 28.2 Å². The van der Waals surface area contributed by atoms with Crippen molar-refractivity contribution in [1.29, 1.82) is 0 Å². The van der Waals surface area contributed by atoms with Gasteiger partial charge in [0, 0.05) is 27.7 Å². The molecule has 142 valence electrons. The molecule has 0 aliphatic rings. The molecule has 5 nitrogen and oxygen atoms in total. The molecule has 2 heterocycles. The van der Waals surface area contributed by atoms with E-state index in [-0.39, 0.29) is 18.1 Å². The first-order chi connectivity index (χ1) is 13.4. The second-order valence-electron chi connectivity index (χ2n) is 6.71. The summed E-state index contributed by atoms with van der Waals surface area (Å²) in [7, 11) is 0. The zero-order chi connectivity index (χ0) is 19.8. The smallest absolute Gasteiger partial charge is 0.230 e. The number of halogens is 2. The van der Waals surface area contributed by atoms with Crippen LogP contribution in [-0.2, 0) is 11.2 Å². The fourth-order valence-electron chi connectivity index (χ4n) is 3.32. The molecule has 4 rings (SSSR count). The Morgan fingerprint density at radius 3 is 2.82 bits per heavy atom. The van der Waals surface area contributed by atoms with Crippen LogP contribution in [0.25, 0.3) is 16.6 Å². The van der Waals surface area contributed by atoms with Gasteiger partial charge in [0.05, 0.1) is 17.8 Å². The number of anilines is 1. The van der Waals surface area contributed by atoms with E-state index in [4.69, 9.17) is 11.6 Å². The molecule has 0 spiro atoms. The highest BCUT2D eigenvalue weighted by Crippen LogP contribution is 2.25. The lowest BCUT2D eigenvalue weighted by atomic mass is 10.1. The van der Waals surface area contributed by atoms with E-state index in [1.807, 2.05) is 26.0 Å². The van der Waals surface area contributed by atoms with E-state index in [9.17, 15) is 9.18 Å². The van der Waals surface area contributed by atoms with Gasteiger partial charge in [0.25, 0.3) is 0 Å². The number of aromatic amines is 1. The van der Waals surface area contributed by atoms with Crippen LogP contribution in [-0.4, -0.2) is 20.7 Å². The quantitative estimate of drug-likeness (QED) is 0.513. The summed E-state index contributed by atoms with van der Waals surface area (Å²) in [6.07, 6.45) is 0.120. The van der Waals surface area contributed by atoms with Crippen molar-refractivity contribution in [3.8, 4) is 5.69 Å². The Kier molecular flexibility index (Phi) is 4.65. The Morgan fingerprint density at radius 2 is 2.04 bits per heavy atom. The maximum Gasteiger partial charge on any atom is 0.230 e. The van der Waals surface area contributed by atoms with Gasteiger partial charge in [-0.25, -0.2) is 9.07 Å². The predicted octanol–water partition coefficient (Wildman–Crippen LogP) is 4.94. The summed E-state index contributed by atoms with van der Waals surface area (Å²) in [5, 5.41) is 8.64. The van der Waals surface area contributed by atoms with E-state index in [1.54, 1.807) is 28.9 Å². The number of aryl methyl sites for hydroxylation is 2. The highest BCUT2D eigenvalue weighted by atomic mass is 35.5. The predicted molar refractivity (Wildman–Crippen MR) is 109 cm³/mol. The first-order valence-electron chi connectivity index (χ1n) is 8.80. The zero-order valence-electron chi connectivity index (χ0n) is 15.4. The topological polar surface area (TPSA) is 62.7 Å². The summed E-state index contributed by atoms with van der Waals surface area (Å²) in [6, 6.07) is 13.5. The van der Waals surface area contributed by atoms with Crippen LogP contribution in [0.15, 0.2) is 48.5 Å². The summed E-state index contributed by atoms with van der Waals surface area (Å²) in [4.78, 5) is 15.9. The molecular formula is C21H18ClFN4O. The minimum absolute atomic E-state index is 0.120. The van der Waals surface area contributed by atoms with Crippen LogP contribution in [0.3, 0.4) is 0 Å². The molecule has 1 amide bonds. The second kappa shape index (κ2) is 7.13. The molecule has 0 bridgehead atoms. The van der Waals surface area contributed by atoms with Crippen molar-refractivity contribution in [2.75, 3.05) is 5.32 Å². The molecule has 7 heteroatoms. The van der Waals surface area contributed by atoms with E-state index in [1.165, 1.54) is 12.1 Å². The van der Waals surface area contributed by atoms with Gasteiger partial charge in [0.2, 0.25) is 5.91 Å². The van der Waals surface area contributed by atoms with Crippen LogP contribution in [0.1, 0.15) is 17.0 Å². The number of rotatable bonds is 4. The van der Waals surface area contributed by atoms with Gasteiger partial charge < -0.3 is 10.3 Å². The summed E-state index contributed by atoms with van der Waals surface area (Å²) in [5.41, 5.74) is 3.94. The standard InChI is InChI=1S/C21H18ClFN4O/c1-12-8-20(27(26-12)16-5-3-4-14(22)9-16)25-21(28)11-17-13(2)24-19-7-6-15(23)10-18(17)19/h3-10,24H,11H2,1-2H3,(H,25,28). The lowest BCUT2D eigenvalue weighted by molar-refractivity contribution is -0.115. The number of benzene rings is 2. The maximum atomic E-state index is 13.6. The maximum absolute atomic E-state index is 13.6. The Bertz CT molecular complexity index is 1190. The molecule has 2 aromatic carbocycles. The van der Waals surface area contributed by atoms with E-state index in [0.29, 0.717) is 16.2 Å². The van der Waals surface area contributed by atoms with Crippen molar-refractivity contribution in [3.05, 3.63) is 76.3 Å². The molecule has 2 aromatic heterocycles. The van der Waals surface area contributed by atoms with Crippen LogP contribution in [0.4, 0.5) is 10.2 Å². The molecule has 0 aliphatic heterocycles. The van der Waals surface area contributed by atoms with Crippen molar-refractivity contribution in [1.82, 2.24) is 14.8 Å². The Morgan fingerprint density at radius 1 is 1.21 bits per heavy atom. The highest BCUT2D eigenvalue weighted by Gasteiger charge is 2.16. The number of amides is 1. The van der Waals surface area contributed by atoms with Crippen molar-refractivity contribution in [2.24, 2.45) is 0 Å². The number of nitrogens with zero attached hydrogens (tertiary/aromatic N) is 2. The van der Waals surface area contributed by atoms with Gasteiger partial charge in [-0.05, 0) is 55.8 Å². The number of carbonyl (C=O) groups is 1. The monoisotopic (exact) mass is 396 g/mol. The van der Waals surface area contributed by atoms with E-state index < -0.39 is 0 Å². The summed E-state index contributed by atoms with van der Waals surface area (Å²) < 4.78 is 15.3. The Balaban J connectivity index is 1.62. The van der Waals surface area contributed by atoms with Crippen LogP contribution in [0.5, 0.6) is 0 Å². The number of fused-ring (bicyclic) bond motifs is 1. The van der Waals surface area contributed by atoms with Gasteiger partial charge in [0.1, 0.15) is 11.6 Å². The Hall–Kier alpha value is -3.12. The third-order valence-corrected chi connectivity index (χ3v) is 4.81. The minimum Gasteiger partial charge on any atom is -0.358 e. The molecule has 2 N–H and O–H groups in total. The van der Waals surface area contributed by atoms with Crippen molar-refractivity contribution >= 4 is 34.2 Å². The van der Waals surface area contributed by atoms with Gasteiger partial charge in [-0.1, -0.05) is 17.7 Å². The average molecular weight is 397 g/mol. The average Bonchev–Trinajstić information content (AvgIpc) is 3.15. The number of hydrogen-bond donors (Lipinski definition) is 2. The van der Waals surface area contributed by atoms with Gasteiger partial charge in [-0.3, -0.25) is 4.79 Å². The third-order valence-electron chi connectivity index (χ3n) is 4.57. The first-order valence-corrected chi connectivity index (χ1v) is 9.17. The van der Waals surface area contributed by atoms with Gasteiger partial charge in [-0.2, -0.15) is 5.10 Å². The van der Waals surface area contributed by atoms with Gasteiger partial charge in [-0.15, -0.1) is 0 Å². The number of carbonyl (C=O) groups excluding carboxylic acids is 1. The van der Waals surface area contributed by atoms with Crippen LogP contribution >= 0.6 is 11.6 Å². The number of H-pyrrole nitrogens is 1. The molecule has 0 unspecified atom stereocenters. The SMILES string of the molecule is Cc1cc(NC(=O)Cc2c(C)[nH]c3ccc(F)cc23)n(-c2cccc(Cl)c2)n1. The molecule has 28 heavy (non-hydrogen) atoms. The molecule has 0 radical (unpaired) electrons. The lowest BCUT2D eigenvalue weighted by Gasteiger charge is -2.09. The Labute approximate surface area is 166 Å². The number of aromatic nitrogens is 3. The molecule has 0 aliphatic carbocycles. The lowest BCUT2D eigenvalue weighted by Crippen LogP contribution is -2.17. The highest BCUT2D eigenvalue weighted by molar-refractivity contribution is 6.30. The largest absolute Gasteiger partial charge is 0.358 e. The van der Waals surface area contributed by atoms with Crippen molar-refractivity contribution < 1.29 is 9.18 Å². The summed E-state index contributed by atoms with van der Waals surface area (Å²) >= 11 is 6.08. The van der Waals surface area contributed by atoms with Crippen LogP contribution < -0.4 is 5.32 Å². The zero-order valence-corrected chi connectivity index (χ0v) is 16.1. The van der Waals surface area contributed by atoms with Gasteiger partial charge in [0.15, 0.2) is 0 Å². The molecule has 0 saturated carbocycles. The summed E-state index contributed by atoms with van der Waals surface area (Å²) in [6.45, 7) is 3.73. The van der Waals surface area contributed by atoms with Crippen molar-refractivity contribution in [3.63, 3.8) is 0 Å².